The van der Waals surface area contributed by atoms with Gasteiger partial charge in [-0.15, -0.1) is 0 Å². The lowest BCUT2D eigenvalue weighted by Crippen LogP contribution is -2.32. The molecule has 1 aromatic carbocycles. The standard InChI is InChI=1S/C12H13N3O3S/c16-19(17,12-7-13-8-14-12)15-10-5-6-18-11-4-2-1-3-9(10)11/h1-4,7-8,10,15H,5-6H2,(H,13,14). The zero-order valence-electron chi connectivity index (χ0n) is 10.0. The molecule has 100 valence electrons. The smallest absolute Gasteiger partial charge is 0.258 e. The molecule has 0 aliphatic carbocycles. The maximum absolute atomic E-state index is 12.1. The molecule has 0 radical (unpaired) electrons. The van der Waals surface area contributed by atoms with Crippen molar-refractivity contribution in [3.8, 4) is 5.75 Å². The van der Waals surface area contributed by atoms with Crippen LogP contribution in [0.5, 0.6) is 5.75 Å². The molecule has 1 aromatic heterocycles. The van der Waals surface area contributed by atoms with E-state index in [1.165, 1.54) is 12.5 Å². The van der Waals surface area contributed by atoms with Gasteiger partial charge >= 0.3 is 0 Å². The summed E-state index contributed by atoms with van der Waals surface area (Å²) in [5.41, 5.74) is 0.858. The highest BCUT2D eigenvalue weighted by molar-refractivity contribution is 7.89. The first-order chi connectivity index (χ1) is 9.17. The number of hydrogen-bond acceptors (Lipinski definition) is 4. The molecule has 1 unspecified atom stereocenters. The van der Waals surface area contributed by atoms with E-state index >= 15 is 0 Å². The molecular weight excluding hydrogens is 266 g/mol. The average molecular weight is 279 g/mol. The number of nitrogens with zero attached hydrogens (tertiary/aromatic N) is 1. The van der Waals surface area contributed by atoms with Gasteiger partial charge in [0.2, 0.25) is 0 Å². The van der Waals surface area contributed by atoms with E-state index in [1.54, 1.807) is 0 Å². The molecule has 0 saturated heterocycles. The van der Waals surface area contributed by atoms with Crippen LogP contribution >= 0.6 is 0 Å². The Labute approximate surface area is 110 Å². The maximum atomic E-state index is 12.1. The Balaban J connectivity index is 1.90. The summed E-state index contributed by atoms with van der Waals surface area (Å²) >= 11 is 0. The molecule has 3 rings (SSSR count). The van der Waals surface area contributed by atoms with Gasteiger partial charge in [-0.1, -0.05) is 18.2 Å². The predicted octanol–water partition coefficient (Wildman–Crippen LogP) is 1.21. The third-order valence-electron chi connectivity index (χ3n) is 3.02. The normalized spacial score (nSPS) is 18.6. The molecule has 0 spiro atoms. The zero-order chi connectivity index (χ0) is 13.3. The van der Waals surface area contributed by atoms with Crippen LogP contribution < -0.4 is 9.46 Å². The minimum absolute atomic E-state index is 0.0662. The van der Waals surface area contributed by atoms with Crippen LogP contribution in [0.3, 0.4) is 0 Å². The van der Waals surface area contributed by atoms with Crippen LogP contribution in [0.15, 0.2) is 41.8 Å². The highest BCUT2D eigenvalue weighted by atomic mass is 32.2. The lowest BCUT2D eigenvalue weighted by molar-refractivity contribution is 0.263. The van der Waals surface area contributed by atoms with E-state index in [1.807, 2.05) is 24.3 Å². The molecule has 7 heteroatoms. The predicted molar refractivity (Wildman–Crippen MR) is 68.2 cm³/mol. The highest BCUT2D eigenvalue weighted by Crippen LogP contribution is 2.32. The second-order valence-corrected chi connectivity index (χ2v) is 5.95. The van der Waals surface area contributed by atoms with Crippen LogP contribution in [-0.4, -0.2) is 25.0 Å². The van der Waals surface area contributed by atoms with Crippen LogP contribution in [-0.2, 0) is 10.0 Å². The third kappa shape index (κ3) is 2.34. The first-order valence-corrected chi connectivity index (χ1v) is 7.37. The minimum Gasteiger partial charge on any atom is -0.493 e. The maximum Gasteiger partial charge on any atom is 0.258 e. The molecule has 19 heavy (non-hydrogen) atoms. The first-order valence-electron chi connectivity index (χ1n) is 5.89. The van der Waals surface area contributed by atoms with Crippen LogP contribution in [0.4, 0.5) is 0 Å². The topological polar surface area (TPSA) is 84.1 Å². The molecule has 2 N–H and O–H groups in total. The van der Waals surface area contributed by atoms with Gasteiger partial charge in [-0.25, -0.2) is 18.1 Å². The summed E-state index contributed by atoms with van der Waals surface area (Å²) in [6.07, 6.45) is 3.23. The van der Waals surface area contributed by atoms with Crippen LogP contribution in [0.2, 0.25) is 0 Å². The molecule has 0 amide bonds. The number of H-pyrrole nitrogens is 1. The summed E-state index contributed by atoms with van der Waals surface area (Å²) in [7, 11) is -3.58. The quantitative estimate of drug-likeness (QED) is 0.884. The number of aromatic amines is 1. The Kier molecular flexibility index (Phi) is 3.00. The molecular formula is C12H13N3O3S. The SMILES string of the molecule is O=S(=O)(NC1CCOc2ccccc21)c1cnc[nH]1. The lowest BCUT2D eigenvalue weighted by atomic mass is 10.0. The van der Waals surface area contributed by atoms with E-state index in [4.69, 9.17) is 4.74 Å². The zero-order valence-corrected chi connectivity index (χ0v) is 10.9. The van der Waals surface area contributed by atoms with Crippen molar-refractivity contribution in [2.24, 2.45) is 0 Å². The summed E-state index contributed by atoms with van der Waals surface area (Å²) in [5, 5.41) is 0.0662. The van der Waals surface area contributed by atoms with Gasteiger partial charge in [-0.05, 0) is 6.07 Å². The van der Waals surface area contributed by atoms with E-state index in [-0.39, 0.29) is 11.1 Å². The van der Waals surface area contributed by atoms with Crippen molar-refractivity contribution in [3.63, 3.8) is 0 Å². The number of sulfonamides is 1. The number of para-hydroxylation sites is 1. The fourth-order valence-corrected chi connectivity index (χ4v) is 3.26. The second-order valence-electron chi connectivity index (χ2n) is 4.26. The van der Waals surface area contributed by atoms with Gasteiger partial charge in [-0.2, -0.15) is 0 Å². The third-order valence-corrected chi connectivity index (χ3v) is 4.42. The summed E-state index contributed by atoms with van der Waals surface area (Å²) in [6.45, 7) is 0.493. The number of aromatic nitrogens is 2. The second kappa shape index (κ2) is 4.67. The number of fused-ring (bicyclic) bond motifs is 1. The van der Waals surface area contributed by atoms with Gasteiger partial charge in [0.15, 0.2) is 5.03 Å². The number of benzene rings is 1. The number of nitrogens with one attached hydrogen (secondary N) is 2. The van der Waals surface area contributed by atoms with Crippen molar-refractivity contribution in [2.45, 2.75) is 17.5 Å². The van der Waals surface area contributed by atoms with Crippen molar-refractivity contribution in [2.75, 3.05) is 6.61 Å². The molecule has 1 aliphatic rings. The van der Waals surface area contributed by atoms with Crippen molar-refractivity contribution < 1.29 is 13.2 Å². The van der Waals surface area contributed by atoms with Gasteiger partial charge in [0.05, 0.1) is 25.2 Å². The van der Waals surface area contributed by atoms with E-state index in [9.17, 15) is 8.42 Å². The van der Waals surface area contributed by atoms with E-state index < -0.39 is 10.0 Å². The highest BCUT2D eigenvalue weighted by Gasteiger charge is 2.27. The summed E-state index contributed by atoms with van der Waals surface area (Å²) in [6, 6.07) is 7.16. The van der Waals surface area contributed by atoms with Crippen LogP contribution in [0, 0.1) is 0 Å². The number of hydrogen-bond donors (Lipinski definition) is 2. The summed E-state index contributed by atoms with van der Waals surface area (Å²) in [4.78, 5) is 6.32. The lowest BCUT2D eigenvalue weighted by Gasteiger charge is -2.26. The van der Waals surface area contributed by atoms with Gasteiger partial charge < -0.3 is 9.72 Å². The van der Waals surface area contributed by atoms with E-state index in [0.717, 1.165) is 11.3 Å². The van der Waals surface area contributed by atoms with Gasteiger partial charge in [0.25, 0.3) is 10.0 Å². The number of imidazole rings is 1. The van der Waals surface area contributed by atoms with Crippen molar-refractivity contribution in [1.29, 1.82) is 0 Å². The molecule has 6 nitrogen and oxygen atoms in total. The fraction of sp³-hybridized carbons (Fsp3) is 0.250. The van der Waals surface area contributed by atoms with Gasteiger partial charge in [-0.3, -0.25) is 0 Å². The largest absolute Gasteiger partial charge is 0.493 e. The molecule has 0 fully saturated rings. The summed E-state index contributed by atoms with van der Waals surface area (Å²) in [5.74, 6) is 0.728. The molecule has 1 atom stereocenters. The fourth-order valence-electron chi connectivity index (χ4n) is 2.11. The summed E-state index contributed by atoms with van der Waals surface area (Å²) < 4.78 is 32.5. The first kappa shape index (κ1) is 12.2. The molecule has 0 bridgehead atoms. The molecule has 0 saturated carbocycles. The Hall–Kier alpha value is -1.86. The average Bonchev–Trinajstić information content (AvgIpc) is 2.93. The Morgan fingerprint density at radius 3 is 3.00 bits per heavy atom. The van der Waals surface area contributed by atoms with Crippen LogP contribution in [0.1, 0.15) is 18.0 Å². The van der Waals surface area contributed by atoms with E-state index in [2.05, 4.69) is 14.7 Å². The molecule has 2 aromatic rings. The Bertz CT molecular complexity index is 667. The number of rotatable bonds is 3. The van der Waals surface area contributed by atoms with E-state index in [0.29, 0.717) is 13.0 Å². The minimum atomic E-state index is -3.58. The molecule has 1 aliphatic heterocycles. The van der Waals surface area contributed by atoms with Crippen LogP contribution in [0.25, 0.3) is 0 Å². The van der Waals surface area contributed by atoms with Crippen molar-refractivity contribution >= 4 is 10.0 Å². The number of ether oxygens (including phenoxy) is 1. The Morgan fingerprint density at radius 1 is 1.37 bits per heavy atom. The monoisotopic (exact) mass is 279 g/mol. The van der Waals surface area contributed by atoms with Gasteiger partial charge in [0.1, 0.15) is 5.75 Å². The van der Waals surface area contributed by atoms with Gasteiger partial charge in [0, 0.05) is 12.0 Å². The van der Waals surface area contributed by atoms with Crippen molar-refractivity contribution in [3.05, 3.63) is 42.4 Å². The molecule has 2 heterocycles. The Morgan fingerprint density at radius 2 is 2.21 bits per heavy atom. The van der Waals surface area contributed by atoms with Crippen molar-refractivity contribution in [1.82, 2.24) is 14.7 Å².